The van der Waals surface area contributed by atoms with Gasteiger partial charge in [0.15, 0.2) is 0 Å². The van der Waals surface area contributed by atoms with Gasteiger partial charge in [-0.05, 0) is 31.2 Å². The summed E-state index contributed by atoms with van der Waals surface area (Å²) in [5, 5.41) is 4.27. The molecule has 17 heavy (non-hydrogen) atoms. The lowest BCUT2D eigenvalue weighted by molar-refractivity contribution is 0.174. The molecule has 1 aromatic carbocycles. The van der Waals surface area contributed by atoms with Crippen LogP contribution in [-0.4, -0.2) is 32.1 Å². The monoisotopic (exact) mass is 273 g/mol. The van der Waals surface area contributed by atoms with Crippen LogP contribution in [0.25, 0.3) is 0 Å². The Hall–Kier alpha value is -0.220. The average molecular weight is 274 g/mol. The number of hydrogen-bond donors (Lipinski definition) is 1. The predicted octanol–water partition coefficient (Wildman–Crippen LogP) is 3.45. The number of nitrogens with one attached hydrogen (secondary N) is 1. The summed E-state index contributed by atoms with van der Waals surface area (Å²) in [5.74, 6) is 0.994. The van der Waals surface area contributed by atoms with E-state index in [0.717, 1.165) is 30.3 Å². The molecular weight excluding hydrogens is 254 g/mol. The minimum absolute atomic E-state index is 0.393. The molecule has 0 amide bonds. The van der Waals surface area contributed by atoms with Gasteiger partial charge in [0.1, 0.15) is 0 Å². The molecule has 0 aliphatic rings. The van der Waals surface area contributed by atoms with Crippen LogP contribution < -0.4 is 5.32 Å². The highest BCUT2D eigenvalue weighted by Crippen LogP contribution is 2.22. The SMILES string of the molecule is CCCNC(COC)CSc1cccc(Cl)c1. The van der Waals surface area contributed by atoms with E-state index in [2.05, 4.69) is 18.3 Å². The molecule has 0 aromatic heterocycles. The van der Waals surface area contributed by atoms with Gasteiger partial charge in [-0.1, -0.05) is 24.6 Å². The summed E-state index contributed by atoms with van der Waals surface area (Å²) in [5.41, 5.74) is 0. The van der Waals surface area contributed by atoms with Crippen molar-refractivity contribution in [2.24, 2.45) is 0 Å². The van der Waals surface area contributed by atoms with E-state index < -0.39 is 0 Å². The summed E-state index contributed by atoms with van der Waals surface area (Å²) in [4.78, 5) is 1.21. The number of rotatable bonds is 8. The smallest absolute Gasteiger partial charge is 0.0624 e. The number of thioether (sulfide) groups is 1. The summed E-state index contributed by atoms with van der Waals surface area (Å²) in [6.45, 7) is 3.94. The maximum atomic E-state index is 5.95. The molecule has 2 nitrogen and oxygen atoms in total. The van der Waals surface area contributed by atoms with Crippen molar-refractivity contribution in [1.29, 1.82) is 0 Å². The molecule has 0 bridgehead atoms. The Morgan fingerprint density at radius 1 is 1.47 bits per heavy atom. The molecule has 1 atom stereocenters. The molecule has 0 spiro atoms. The van der Waals surface area contributed by atoms with Gasteiger partial charge < -0.3 is 10.1 Å². The second kappa shape index (κ2) is 8.81. The van der Waals surface area contributed by atoms with Crippen LogP contribution in [0.2, 0.25) is 5.02 Å². The molecule has 1 unspecified atom stereocenters. The highest BCUT2D eigenvalue weighted by atomic mass is 35.5. The van der Waals surface area contributed by atoms with Gasteiger partial charge >= 0.3 is 0 Å². The van der Waals surface area contributed by atoms with E-state index in [4.69, 9.17) is 16.3 Å². The second-order valence-electron chi connectivity index (χ2n) is 3.87. The maximum absolute atomic E-state index is 5.95. The number of benzene rings is 1. The first kappa shape index (κ1) is 14.8. The minimum atomic E-state index is 0.393. The fourth-order valence-corrected chi connectivity index (χ4v) is 2.72. The van der Waals surface area contributed by atoms with Crippen molar-refractivity contribution in [1.82, 2.24) is 5.32 Å². The van der Waals surface area contributed by atoms with Crippen LogP contribution >= 0.6 is 23.4 Å². The molecule has 0 aliphatic carbocycles. The third-order valence-corrected chi connectivity index (χ3v) is 3.69. The van der Waals surface area contributed by atoms with Gasteiger partial charge in [0.05, 0.1) is 6.61 Å². The van der Waals surface area contributed by atoms with Crippen LogP contribution in [-0.2, 0) is 4.74 Å². The van der Waals surface area contributed by atoms with E-state index in [0.29, 0.717) is 6.04 Å². The van der Waals surface area contributed by atoms with E-state index >= 15 is 0 Å². The topological polar surface area (TPSA) is 21.3 Å². The molecule has 0 saturated carbocycles. The average Bonchev–Trinajstić information content (AvgIpc) is 2.33. The molecule has 1 aromatic rings. The lowest BCUT2D eigenvalue weighted by Crippen LogP contribution is -2.35. The van der Waals surface area contributed by atoms with E-state index in [-0.39, 0.29) is 0 Å². The van der Waals surface area contributed by atoms with Gasteiger partial charge in [-0.25, -0.2) is 0 Å². The third kappa shape index (κ3) is 6.32. The van der Waals surface area contributed by atoms with Crippen LogP contribution in [0.15, 0.2) is 29.2 Å². The van der Waals surface area contributed by atoms with E-state index in [1.807, 2.05) is 18.2 Å². The van der Waals surface area contributed by atoms with Gasteiger partial charge in [0.2, 0.25) is 0 Å². The van der Waals surface area contributed by atoms with Crippen molar-refractivity contribution in [2.75, 3.05) is 26.0 Å². The zero-order valence-electron chi connectivity index (χ0n) is 10.4. The molecule has 0 saturated heterocycles. The fraction of sp³-hybridized carbons (Fsp3) is 0.538. The number of halogens is 1. The molecule has 0 fully saturated rings. The molecule has 0 aliphatic heterocycles. The zero-order valence-corrected chi connectivity index (χ0v) is 12.0. The molecule has 0 radical (unpaired) electrons. The normalized spacial score (nSPS) is 12.6. The molecule has 1 N–H and O–H groups in total. The van der Waals surface area contributed by atoms with Gasteiger partial charge in [-0.15, -0.1) is 11.8 Å². The Kier molecular flexibility index (Phi) is 7.69. The Labute approximate surface area is 113 Å². The number of ether oxygens (including phenoxy) is 1. The van der Waals surface area contributed by atoms with Crippen LogP contribution in [0.4, 0.5) is 0 Å². The standard InChI is InChI=1S/C13H20ClNOS/c1-3-7-15-12(9-16-2)10-17-13-6-4-5-11(14)8-13/h4-6,8,12,15H,3,7,9-10H2,1-2H3. The first-order valence-corrected chi connectivity index (χ1v) is 7.23. The largest absolute Gasteiger partial charge is 0.383 e. The van der Waals surface area contributed by atoms with Gasteiger partial charge in [-0.3, -0.25) is 0 Å². The van der Waals surface area contributed by atoms with Crippen molar-refractivity contribution < 1.29 is 4.74 Å². The Balaban J connectivity index is 2.39. The highest BCUT2D eigenvalue weighted by Gasteiger charge is 2.07. The maximum Gasteiger partial charge on any atom is 0.0624 e. The van der Waals surface area contributed by atoms with Crippen LogP contribution in [0.5, 0.6) is 0 Å². The van der Waals surface area contributed by atoms with Crippen LogP contribution in [0, 0.1) is 0 Å². The summed E-state index contributed by atoms with van der Waals surface area (Å²) in [6, 6.07) is 8.35. The Morgan fingerprint density at radius 2 is 2.29 bits per heavy atom. The summed E-state index contributed by atoms with van der Waals surface area (Å²) >= 11 is 7.76. The van der Waals surface area contributed by atoms with E-state index in [9.17, 15) is 0 Å². The van der Waals surface area contributed by atoms with Crippen molar-refractivity contribution in [3.05, 3.63) is 29.3 Å². The second-order valence-corrected chi connectivity index (χ2v) is 5.40. The van der Waals surface area contributed by atoms with Crippen molar-refractivity contribution in [2.45, 2.75) is 24.3 Å². The summed E-state index contributed by atoms with van der Waals surface area (Å²) in [7, 11) is 1.74. The lowest BCUT2D eigenvalue weighted by Gasteiger charge is -2.17. The zero-order chi connectivity index (χ0) is 12.5. The van der Waals surface area contributed by atoms with Crippen molar-refractivity contribution in [3.63, 3.8) is 0 Å². The number of methoxy groups -OCH3 is 1. The highest BCUT2D eigenvalue weighted by molar-refractivity contribution is 7.99. The van der Waals surface area contributed by atoms with Gasteiger partial charge in [0, 0.05) is 28.8 Å². The lowest BCUT2D eigenvalue weighted by atomic mass is 10.3. The molecular formula is C13H20ClNOS. The summed E-state index contributed by atoms with van der Waals surface area (Å²) < 4.78 is 5.21. The van der Waals surface area contributed by atoms with Gasteiger partial charge in [0.25, 0.3) is 0 Å². The predicted molar refractivity (Wildman–Crippen MR) is 76.1 cm³/mol. The van der Waals surface area contributed by atoms with Crippen molar-refractivity contribution >= 4 is 23.4 Å². The van der Waals surface area contributed by atoms with E-state index in [1.54, 1.807) is 18.9 Å². The molecule has 96 valence electrons. The van der Waals surface area contributed by atoms with Crippen LogP contribution in [0.3, 0.4) is 0 Å². The van der Waals surface area contributed by atoms with Crippen LogP contribution in [0.1, 0.15) is 13.3 Å². The quantitative estimate of drug-likeness (QED) is 0.733. The third-order valence-electron chi connectivity index (χ3n) is 2.30. The molecule has 1 rings (SSSR count). The Bertz CT molecular complexity index is 322. The van der Waals surface area contributed by atoms with Gasteiger partial charge in [-0.2, -0.15) is 0 Å². The fourth-order valence-electron chi connectivity index (χ4n) is 1.47. The van der Waals surface area contributed by atoms with Crippen molar-refractivity contribution in [3.8, 4) is 0 Å². The minimum Gasteiger partial charge on any atom is -0.383 e. The first-order valence-electron chi connectivity index (χ1n) is 5.87. The molecule has 4 heteroatoms. The first-order chi connectivity index (χ1) is 8.26. The summed E-state index contributed by atoms with van der Waals surface area (Å²) in [6.07, 6.45) is 1.14. The number of hydrogen-bond acceptors (Lipinski definition) is 3. The molecule has 0 heterocycles. The van der Waals surface area contributed by atoms with E-state index in [1.165, 1.54) is 4.90 Å². The Morgan fingerprint density at radius 3 is 2.94 bits per heavy atom.